The average molecular weight is 657 g/mol. The van der Waals surface area contributed by atoms with E-state index < -0.39 is 21.9 Å². The number of ether oxygens (including phenoxy) is 1. The number of carbonyl (C=O) groups excluding carboxylic acids is 2. The first-order chi connectivity index (χ1) is 22.5. The molecule has 0 heterocycles. The van der Waals surface area contributed by atoms with Gasteiger partial charge in [-0.05, 0) is 71.8 Å². The molecule has 47 heavy (non-hydrogen) atoms. The van der Waals surface area contributed by atoms with Gasteiger partial charge >= 0.3 is 6.09 Å². The molecular formula is C36H37FN4O5S. The first-order valence-electron chi connectivity index (χ1n) is 15.4. The number of nitrogens with zero attached hydrogens (tertiary/aromatic N) is 2. The topological polar surface area (TPSA) is 145 Å². The number of carbonyl (C=O) groups is 2. The van der Waals surface area contributed by atoms with Gasteiger partial charge in [-0.25, -0.2) is 22.7 Å². The number of amides is 2. The smallest absolute Gasteiger partial charge is 0.409 e. The summed E-state index contributed by atoms with van der Waals surface area (Å²) in [5.41, 5.74) is 9.44. The quantitative estimate of drug-likeness (QED) is 0.154. The van der Waals surface area contributed by atoms with Crippen molar-refractivity contribution in [1.29, 1.82) is 0 Å². The van der Waals surface area contributed by atoms with Gasteiger partial charge in [0.25, 0.3) is 0 Å². The zero-order valence-corrected chi connectivity index (χ0v) is 26.7. The molecule has 1 fully saturated rings. The molecule has 0 saturated heterocycles. The fraction of sp³-hybridized carbons (Fsp3) is 0.250. The Morgan fingerprint density at radius 2 is 1.57 bits per heavy atom. The third-order valence-electron chi connectivity index (χ3n) is 8.20. The van der Waals surface area contributed by atoms with Crippen LogP contribution in [-0.4, -0.2) is 37.7 Å². The summed E-state index contributed by atoms with van der Waals surface area (Å²) in [7, 11) is -3.91. The maximum absolute atomic E-state index is 13.8. The van der Waals surface area contributed by atoms with Crippen LogP contribution in [0, 0.1) is 11.7 Å². The fourth-order valence-electron chi connectivity index (χ4n) is 5.82. The van der Waals surface area contributed by atoms with Gasteiger partial charge in [0.15, 0.2) is 0 Å². The maximum Gasteiger partial charge on any atom is 0.441 e. The summed E-state index contributed by atoms with van der Waals surface area (Å²) in [6, 6.07) is 26.0. The first kappa shape index (κ1) is 33.5. The summed E-state index contributed by atoms with van der Waals surface area (Å²) in [5.74, 6) is 0.00122. The van der Waals surface area contributed by atoms with Gasteiger partial charge in [-0.3, -0.25) is 4.79 Å². The molecule has 0 atom stereocenters. The second kappa shape index (κ2) is 15.1. The molecule has 9 nitrogen and oxygen atoms in total. The minimum absolute atomic E-state index is 0.0387. The molecule has 0 unspecified atom stereocenters. The van der Waals surface area contributed by atoms with E-state index in [9.17, 15) is 22.4 Å². The van der Waals surface area contributed by atoms with Crippen LogP contribution in [0.25, 0.3) is 11.1 Å². The van der Waals surface area contributed by atoms with Gasteiger partial charge in [0.05, 0.1) is 11.3 Å². The zero-order valence-electron chi connectivity index (χ0n) is 25.8. The molecule has 0 bridgehead atoms. The van der Waals surface area contributed by atoms with Crippen molar-refractivity contribution in [2.24, 2.45) is 21.8 Å². The number of amidine groups is 1. The van der Waals surface area contributed by atoms with Gasteiger partial charge in [0, 0.05) is 24.2 Å². The third kappa shape index (κ3) is 9.34. The Morgan fingerprint density at radius 3 is 2.28 bits per heavy atom. The molecule has 2 amide bonds. The number of sulfonamides is 1. The second-order valence-electron chi connectivity index (χ2n) is 11.7. The summed E-state index contributed by atoms with van der Waals surface area (Å²) in [5, 5.41) is 5.42. The Balaban J connectivity index is 1.31. The number of primary sulfonamides is 1. The summed E-state index contributed by atoms with van der Waals surface area (Å²) in [6.45, 7) is 0.965. The molecule has 5 rings (SSSR count). The highest BCUT2D eigenvalue weighted by molar-refractivity contribution is 7.89. The lowest BCUT2D eigenvalue weighted by Gasteiger charge is -2.30. The predicted molar refractivity (Wildman–Crippen MR) is 179 cm³/mol. The fourth-order valence-corrected chi connectivity index (χ4v) is 6.58. The third-order valence-corrected chi connectivity index (χ3v) is 9.17. The van der Waals surface area contributed by atoms with Crippen molar-refractivity contribution in [2.75, 3.05) is 6.54 Å². The minimum atomic E-state index is -3.91. The lowest BCUT2D eigenvalue weighted by atomic mass is 9.88. The number of halogens is 1. The highest BCUT2D eigenvalue weighted by atomic mass is 32.2. The number of rotatable bonds is 10. The van der Waals surface area contributed by atoms with Crippen molar-refractivity contribution in [3.05, 3.63) is 120 Å². The molecule has 1 aliphatic carbocycles. The average Bonchev–Trinajstić information content (AvgIpc) is 3.06. The lowest BCUT2D eigenvalue weighted by Crippen LogP contribution is -2.36. The summed E-state index contributed by atoms with van der Waals surface area (Å²) < 4.78 is 42.5. The molecule has 0 aromatic heterocycles. The number of hydrogen-bond acceptors (Lipinski definition) is 5. The molecule has 244 valence electrons. The summed E-state index contributed by atoms with van der Waals surface area (Å²) in [4.78, 5) is 31.9. The van der Waals surface area contributed by atoms with Crippen molar-refractivity contribution in [3.8, 4) is 16.9 Å². The van der Waals surface area contributed by atoms with Gasteiger partial charge < -0.3 is 15.4 Å². The van der Waals surface area contributed by atoms with Crippen LogP contribution in [0.4, 0.5) is 9.18 Å². The molecule has 0 spiro atoms. The minimum Gasteiger partial charge on any atom is -0.409 e. The maximum atomic E-state index is 13.8. The van der Waals surface area contributed by atoms with Gasteiger partial charge in [0.1, 0.15) is 17.4 Å². The largest absolute Gasteiger partial charge is 0.441 e. The Kier molecular flexibility index (Phi) is 10.8. The molecule has 11 heteroatoms. The highest BCUT2D eigenvalue weighted by Crippen LogP contribution is 2.28. The van der Waals surface area contributed by atoms with Crippen LogP contribution in [0.2, 0.25) is 0 Å². The molecule has 4 aromatic rings. The van der Waals surface area contributed by atoms with Crippen LogP contribution in [0.3, 0.4) is 0 Å². The number of hydrogen-bond donors (Lipinski definition) is 2. The molecule has 0 aliphatic heterocycles. The van der Waals surface area contributed by atoms with E-state index in [0.717, 1.165) is 36.8 Å². The highest BCUT2D eigenvalue weighted by Gasteiger charge is 2.22. The van der Waals surface area contributed by atoms with Crippen molar-refractivity contribution >= 4 is 27.9 Å². The van der Waals surface area contributed by atoms with E-state index in [2.05, 4.69) is 4.99 Å². The summed E-state index contributed by atoms with van der Waals surface area (Å²) >= 11 is 0. The SMILES string of the molecule is NC(=NC(=O)Oc1ccc(F)cc1)c1cccc(CN(CC2CCCCC2)C(=O)Cc2ccc(-c3ccccc3S(N)(=O)=O)cc2)c1. The van der Waals surface area contributed by atoms with Gasteiger partial charge in [-0.1, -0.05) is 79.9 Å². The van der Waals surface area contributed by atoms with Crippen LogP contribution >= 0.6 is 0 Å². The van der Waals surface area contributed by atoms with E-state index in [1.165, 1.54) is 36.8 Å². The van der Waals surface area contributed by atoms with Crippen LogP contribution in [0.5, 0.6) is 5.75 Å². The van der Waals surface area contributed by atoms with Crippen LogP contribution < -0.4 is 15.6 Å². The zero-order chi connectivity index (χ0) is 33.4. The molecule has 1 aliphatic rings. The lowest BCUT2D eigenvalue weighted by molar-refractivity contribution is -0.132. The van der Waals surface area contributed by atoms with Gasteiger partial charge in [0.2, 0.25) is 15.9 Å². The predicted octanol–water partition coefficient (Wildman–Crippen LogP) is 6.20. The Labute approximate surface area is 274 Å². The van der Waals surface area contributed by atoms with Crippen molar-refractivity contribution < 1.29 is 27.1 Å². The first-order valence-corrected chi connectivity index (χ1v) is 17.0. The van der Waals surface area contributed by atoms with E-state index in [1.807, 2.05) is 23.1 Å². The summed E-state index contributed by atoms with van der Waals surface area (Å²) in [6.07, 6.45) is 4.86. The number of benzene rings is 4. The van der Waals surface area contributed by atoms with Crippen molar-refractivity contribution in [1.82, 2.24) is 4.90 Å². The van der Waals surface area contributed by atoms with Crippen molar-refractivity contribution in [2.45, 2.75) is 50.0 Å². The van der Waals surface area contributed by atoms with E-state index >= 15 is 0 Å². The number of nitrogens with two attached hydrogens (primary N) is 2. The van der Waals surface area contributed by atoms with Gasteiger partial charge in [-0.2, -0.15) is 4.99 Å². The molecular weight excluding hydrogens is 619 g/mol. The molecule has 0 radical (unpaired) electrons. The Bertz CT molecular complexity index is 1860. The van der Waals surface area contributed by atoms with E-state index in [4.69, 9.17) is 15.6 Å². The Hall–Kier alpha value is -4.87. The standard InChI is InChI=1S/C36H37FN4O5S/c37-30-17-19-31(20-18-30)46-36(43)40-35(38)29-10-6-9-27(21-29)24-41(23-26-7-2-1-3-8-26)34(42)22-25-13-15-28(16-14-25)32-11-4-5-12-33(32)47(39,44)45/h4-6,9-21,26H,1-3,7-8,22-24H2,(H2,38,40,43)(H2,39,44,45). The Morgan fingerprint density at radius 1 is 0.872 bits per heavy atom. The van der Waals surface area contributed by atoms with Crippen LogP contribution in [0.1, 0.15) is 48.8 Å². The van der Waals surface area contributed by atoms with E-state index in [1.54, 1.807) is 48.5 Å². The van der Waals surface area contributed by atoms with E-state index in [-0.39, 0.29) is 28.8 Å². The monoisotopic (exact) mass is 656 g/mol. The molecule has 4 aromatic carbocycles. The van der Waals surface area contributed by atoms with Crippen LogP contribution in [-0.2, 0) is 27.8 Å². The molecule has 1 saturated carbocycles. The molecule has 4 N–H and O–H groups in total. The van der Waals surface area contributed by atoms with Crippen molar-refractivity contribution in [3.63, 3.8) is 0 Å². The normalized spacial score (nSPS) is 14.0. The van der Waals surface area contributed by atoms with E-state index in [0.29, 0.717) is 35.7 Å². The van der Waals surface area contributed by atoms with Gasteiger partial charge in [-0.15, -0.1) is 0 Å². The second-order valence-corrected chi connectivity index (χ2v) is 13.2. The number of aliphatic imine (C=N–C) groups is 1. The van der Waals surface area contributed by atoms with Crippen LogP contribution in [0.15, 0.2) is 107 Å².